The van der Waals surface area contributed by atoms with Crippen LogP contribution < -0.4 is 10.5 Å². The summed E-state index contributed by atoms with van der Waals surface area (Å²) in [6.45, 7) is -1.02. The maximum absolute atomic E-state index is 11.9. The van der Waals surface area contributed by atoms with Gasteiger partial charge in [-0.3, -0.25) is 4.79 Å². The first-order valence-electron chi connectivity index (χ1n) is 4.48. The van der Waals surface area contributed by atoms with E-state index in [1.54, 1.807) is 4.72 Å². The van der Waals surface area contributed by atoms with E-state index >= 15 is 0 Å². The molecule has 0 aliphatic carbocycles. The van der Waals surface area contributed by atoms with Crippen molar-refractivity contribution in [1.29, 1.82) is 0 Å². The molecular weight excluding hydrogens is 256 g/mol. The smallest absolute Gasteiger partial charge is 0.266 e. The summed E-state index contributed by atoms with van der Waals surface area (Å²) >= 11 is 0. The van der Waals surface area contributed by atoms with E-state index in [4.69, 9.17) is 5.73 Å². The fraction of sp³-hybridized carbons (Fsp3) is 0.375. The highest BCUT2D eigenvalue weighted by Crippen LogP contribution is 2.15. The molecule has 1 heterocycles. The molecule has 0 spiro atoms. The molecule has 3 N–H and O–H groups in total. The van der Waals surface area contributed by atoms with Crippen molar-refractivity contribution in [3.8, 4) is 0 Å². The molecule has 0 bridgehead atoms. The van der Waals surface area contributed by atoms with Gasteiger partial charge in [0.15, 0.2) is 0 Å². The van der Waals surface area contributed by atoms with Crippen molar-refractivity contribution in [3.05, 3.63) is 18.0 Å². The summed E-state index contributed by atoms with van der Waals surface area (Å²) < 4.78 is 50.0. The normalized spacial score (nSPS) is 12.0. The number of primary amides is 1. The molecule has 0 aliphatic rings. The van der Waals surface area contributed by atoms with Gasteiger partial charge < -0.3 is 10.3 Å². The van der Waals surface area contributed by atoms with Gasteiger partial charge in [0.2, 0.25) is 10.0 Å². The summed E-state index contributed by atoms with van der Waals surface area (Å²) in [7, 11) is -2.74. The number of nitrogens with one attached hydrogen (secondary N) is 1. The molecule has 1 amide bonds. The SMILES string of the molecule is Cn1ccc(S(=O)(=O)NCC(F)F)c1C(N)=O. The first kappa shape index (κ1) is 13.6. The van der Waals surface area contributed by atoms with Crippen molar-refractivity contribution in [3.63, 3.8) is 0 Å². The number of carbonyl (C=O) groups excluding carboxylic acids is 1. The third-order valence-corrected chi connectivity index (χ3v) is 3.44. The van der Waals surface area contributed by atoms with Crippen LogP contribution in [0.4, 0.5) is 8.78 Å². The van der Waals surface area contributed by atoms with Gasteiger partial charge in [-0.1, -0.05) is 0 Å². The second-order valence-corrected chi connectivity index (χ2v) is 4.98. The van der Waals surface area contributed by atoms with Crippen LogP contribution in [0.1, 0.15) is 10.5 Å². The summed E-state index contributed by atoms with van der Waals surface area (Å²) in [5.74, 6) is -0.949. The lowest BCUT2D eigenvalue weighted by molar-refractivity contribution is 0.0989. The number of nitrogens with zero attached hydrogens (tertiary/aromatic N) is 1. The average molecular weight is 267 g/mol. The standard InChI is InChI=1S/C8H11F2N3O3S/c1-13-3-2-5(7(13)8(11)14)17(15,16)12-4-6(9)10/h2-3,6,12H,4H2,1H3,(H2,11,14). The van der Waals surface area contributed by atoms with Crippen molar-refractivity contribution in [2.24, 2.45) is 12.8 Å². The molecule has 0 radical (unpaired) electrons. The van der Waals surface area contributed by atoms with Gasteiger partial charge in [-0.25, -0.2) is 21.9 Å². The van der Waals surface area contributed by atoms with Crippen LogP contribution in [0.3, 0.4) is 0 Å². The predicted molar refractivity (Wildman–Crippen MR) is 55.1 cm³/mol. The predicted octanol–water partition coefficient (Wildman–Crippen LogP) is -0.333. The quantitative estimate of drug-likeness (QED) is 0.764. The minimum Gasteiger partial charge on any atom is -0.364 e. The Morgan fingerprint density at radius 1 is 1.59 bits per heavy atom. The van der Waals surface area contributed by atoms with Crippen molar-refractivity contribution >= 4 is 15.9 Å². The zero-order valence-corrected chi connectivity index (χ0v) is 9.67. The van der Waals surface area contributed by atoms with Crippen LogP contribution in [-0.4, -0.2) is 31.9 Å². The molecule has 0 unspecified atom stereocenters. The van der Waals surface area contributed by atoms with Crippen molar-refractivity contribution in [1.82, 2.24) is 9.29 Å². The van der Waals surface area contributed by atoms with Gasteiger partial charge in [-0.15, -0.1) is 0 Å². The molecule has 0 saturated carbocycles. The molecule has 1 aromatic heterocycles. The first-order valence-corrected chi connectivity index (χ1v) is 5.97. The third-order valence-electron chi connectivity index (χ3n) is 1.99. The maximum Gasteiger partial charge on any atom is 0.266 e. The molecule has 1 rings (SSSR count). The summed E-state index contributed by atoms with van der Waals surface area (Å²) in [6, 6.07) is 1.12. The van der Waals surface area contributed by atoms with E-state index in [1.807, 2.05) is 0 Å². The topological polar surface area (TPSA) is 94.2 Å². The lowest BCUT2D eigenvalue weighted by Gasteiger charge is -2.06. The minimum atomic E-state index is -4.16. The second kappa shape index (κ2) is 4.80. The van der Waals surface area contributed by atoms with Crippen LogP contribution in [0.25, 0.3) is 0 Å². The number of carbonyl (C=O) groups is 1. The molecule has 0 atom stereocenters. The number of aromatic nitrogens is 1. The van der Waals surface area contributed by atoms with Crippen LogP contribution in [0, 0.1) is 0 Å². The fourth-order valence-electron chi connectivity index (χ4n) is 1.27. The number of halogens is 2. The molecule has 0 aromatic carbocycles. The highest BCUT2D eigenvalue weighted by atomic mass is 32.2. The van der Waals surface area contributed by atoms with Gasteiger partial charge in [0.25, 0.3) is 12.3 Å². The molecule has 0 aliphatic heterocycles. The van der Waals surface area contributed by atoms with E-state index in [-0.39, 0.29) is 5.69 Å². The van der Waals surface area contributed by atoms with Gasteiger partial charge in [-0.2, -0.15) is 0 Å². The Kier molecular flexibility index (Phi) is 3.83. The van der Waals surface area contributed by atoms with Crippen molar-refractivity contribution in [2.75, 3.05) is 6.54 Å². The number of sulfonamides is 1. The average Bonchev–Trinajstić information content (AvgIpc) is 2.58. The Labute approximate surface area is 96.5 Å². The first-order chi connectivity index (χ1) is 7.75. The molecule has 1 aromatic rings. The zero-order chi connectivity index (χ0) is 13.2. The molecule has 9 heteroatoms. The Morgan fingerprint density at radius 2 is 2.18 bits per heavy atom. The monoisotopic (exact) mass is 267 g/mol. The summed E-state index contributed by atoms with van der Waals surface area (Å²) in [4.78, 5) is 10.6. The van der Waals surface area contributed by atoms with Crippen molar-refractivity contribution in [2.45, 2.75) is 11.3 Å². The van der Waals surface area contributed by atoms with E-state index in [1.165, 1.54) is 17.8 Å². The fourth-order valence-corrected chi connectivity index (χ4v) is 2.51. The number of rotatable bonds is 5. The van der Waals surface area contributed by atoms with E-state index in [2.05, 4.69) is 0 Å². The van der Waals surface area contributed by atoms with Crippen LogP contribution in [0.5, 0.6) is 0 Å². The van der Waals surface area contributed by atoms with Crippen LogP contribution in [0.15, 0.2) is 17.2 Å². The number of alkyl halides is 2. The van der Waals surface area contributed by atoms with Gasteiger partial charge >= 0.3 is 0 Å². The van der Waals surface area contributed by atoms with E-state index in [0.717, 1.165) is 6.07 Å². The van der Waals surface area contributed by atoms with E-state index in [9.17, 15) is 22.0 Å². The Balaban J connectivity index is 3.12. The van der Waals surface area contributed by atoms with E-state index < -0.39 is 33.8 Å². The highest BCUT2D eigenvalue weighted by molar-refractivity contribution is 7.89. The van der Waals surface area contributed by atoms with Crippen LogP contribution in [0.2, 0.25) is 0 Å². The van der Waals surface area contributed by atoms with Gasteiger partial charge in [0.05, 0.1) is 6.54 Å². The zero-order valence-electron chi connectivity index (χ0n) is 8.85. The minimum absolute atomic E-state index is 0.258. The lowest BCUT2D eigenvalue weighted by atomic mass is 10.4. The molecular formula is C8H11F2N3O3S. The van der Waals surface area contributed by atoms with Gasteiger partial charge in [0, 0.05) is 13.2 Å². The molecule has 96 valence electrons. The Bertz CT molecular complexity index is 524. The molecule has 0 fully saturated rings. The Hall–Kier alpha value is -1.48. The van der Waals surface area contributed by atoms with E-state index in [0.29, 0.717) is 0 Å². The summed E-state index contributed by atoms with van der Waals surface area (Å²) in [5, 5.41) is 0. The summed E-state index contributed by atoms with van der Waals surface area (Å²) in [6.07, 6.45) is -1.51. The largest absolute Gasteiger partial charge is 0.364 e. The Morgan fingerprint density at radius 3 is 2.65 bits per heavy atom. The number of nitrogens with two attached hydrogens (primary N) is 1. The molecule has 6 nitrogen and oxygen atoms in total. The van der Waals surface area contributed by atoms with Gasteiger partial charge in [0.1, 0.15) is 10.6 Å². The lowest BCUT2D eigenvalue weighted by Crippen LogP contribution is -2.30. The number of hydrogen-bond acceptors (Lipinski definition) is 3. The number of aryl methyl sites for hydroxylation is 1. The molecule has 17 heavy (non-hydrogen) atoms. The highest BCUT2D eigenvalue weighted by Gasteiger charge is 2.24. The number of amides is 1. The van der Waals surface area contributed by atoms with Crippen LogP contribution >= 0.6 is 0 Å². The maximum atomic E-state index is 11.9. The third kappa shape index (κ3) is 3.01. The second-order valence-electron chi connectivity index (χ2n) is 3.25. The molecule has 0 saturated heterocycles. The van der Waals surface area contributed by atoms with Crippen molar-refractivity contribution < 1.29 is 22.0 Å². The number of hydrogen-bond donors (Lipinski definition) is 2. The van der Waals surface area contributed by atoms with Gasteiger partial charge in [-0.05, 0) is 6.07 Å². The van der Waals surface area contributed by atoms with Crippen LogP contribution in [-0.2, 0) is 17.1 Å². The summed E-state index contributed by atoms with van der Waals surface area (Å²) in [5.41, 5.74) is 4.75.